The molecule has 0 atom stereocenters. The van der Waals surface area contributed by atoms with Crippen molar-refractivity contribution in [3.63, 3.8) is 0 Å². The van der Waals surface area contributed by atoms with Crippen molar-refractivity contribution in [1.82, 2.24) is 15.6 Å². The zero-order valence-electron chi connectivity index (χ0n) is 14.6. The third kappa shape index (κ3) is 5.60. The minimum Gasteiger partial charge on any atom is -0.356 e. The molecule has 0 aliphatic rings. The van der Waals surface area contributed by atoms with E-state index >= 15 is 0 Å². The van der Waals surface area contributed by atoms with Crippen LogP contribution in [-0.2, 0) is 18.1 Å². The fourth-order valence-corrected chi connectivity index (χ4v) is 3.15. The number of hydrogen-bond acceptors (Lipinski definition) is 3. The van der Waals surface area contributed by atoms with Crippen LogP contribution in [0, 0.1) is 0 Å². The predicted molar refractivity (Wildman–Crippen MR) is 99.8 cm³/mol. The van der Waals surface area contributed by atoms with Crippen molar-refractivity contribution in [3.05, 3.63) is 50.9 Å². The number of aliphatic imine (C=N–C) groups is 1. The predicted octanol–water partition coefficient (Wildman–Crippen LogP) is 4.46. The lowest BCUT2D eigenvalue weighted by atomic mass is 9.84. The van der Waals surface area contributed by atoms with Gasteiger partial charge in [0.15, 0.2) is 11.7 Å². The summed E-state index contributed by atoms with van der Waals surface area (Å²) in [5.41, 5.74) is -0.0142. The Hall–Kier alpha value is -1.80. The Morgan fingerprint density at radius 1 is 1.27 bits per heavy atom. The first-order valence-electron chi connectivity index (χ1n) is 7.84. The molecule has 0 aliphatic carbocycles. The maximum Gasteiger partial charge on any atom is 0.434 e. The summed E-state index contributed by atoms with van der Waals surface area (Å²) in [6.45, 7) is 4.86. The zero-order chi connectivity index (χ0) is 19.4. The van der Waals surface area contributed by atoms with Gasteiger partial charge < -0.3 is 10.6 Å². The van der Waals surface area contributed by atoms with Crippen LogP contribution in [0.3, 0.4) is 0 Å². The molecule has 2 N–H and O–H groups in total. The molecule has 0 bridgehead atoms. The van der Waals surface area contributed by atoms with Crippen LogP contribution in [-0.4, -0.2) is 24.5 Å². The van der Waals surface area contributed by atoms with Crippen molar-refractivity contribution in [3.8, 4) is 0 Å². The van der Waals surface area contributed by atoms with E-state index in [0.29, 0.717) is 22.5 Å². The molecule has 142 valence electrons. The Morgan fingerprint density at radius 2 is 2.00 bits per heavy atom. The van der Waals surface area contributed by atoms with Gasteiger partial charge in [-0.15, -0.1) is 11.3 Å². The number of thiazole rings is 1. The summed E-state index contributed by atoms with van der Waals surface area (Å²) < 4.78 is 37.8. The van der Waals surface area contributed by atoms with E-state index in [2.05, 4.69) is 34.5 Å². The summed E-state index contributed by atoms with van der Waals surface area (Å²) in [7, 11) is 1.60. The van der Waals surface area contributed by atoms with Gasteiger partial charge in [0.05, 0.1) is 6.54 Å². The summed E-state index contributed by atoms with van der Waals surface area (Å²) in [5, 5.41) is 8.18. The molecule has 0 saturated carbocycles. The summed E-state index contributed by atoms with van der Waals surface area (Å²) >= 11 is 7.01. The fourth-order valence-electron chi connectivity index (χ4n) is 2.22. The first kappa shape index (κ1) is 20.5. The number of benzene rings is 1. The number of rotatable bonds is 5. The average Bonchev–Trinajstić information content (AvgIpc) is 3.04. The van der Waals surface area contributed by atoms with Crippen LogP contribution in [0.4, 0.5) is 13.2 Å². The number of nitrogens with zero attached hydrogens (tertiary/aromatic N) is 2. The minimum atomic E-state index is -4.42. The highest BCUT2D eigenvalue weighted by atomic mass is 35.5. The Bertz CT molecular complexity index is 771. The maximum absolute atomic E-state index is 12.6. The molecule has 0 unspecified atom stereocenters. The lowest BCUT2D eigenvalue weighted by Crippen LogP contribution is -2.43. The zero-order valence-corrected chi connectivity index (χ0v) is 16.2. The van der Waals surface area contributed by atoms with Gasteiger partial charge in [-0.2, -0.15) is 13.2 Å². The van der Waals surface area contributed by atoms with Crippen LogP contribution >= 0.6 is 22.9 Å². The van der Waals surface area contributed by atoms with Gasteiger partial charge in [-0.3, -0.25) is 4.99 Å². The molecule has 0 spiro atoms. The third-order valence-electron chi connectivity index (χ3n) is 3.78. The first-order chi connectivity index (χ1) is 12.1. The third-order valence-corrected chi connectivity index (χ3v) is 4.86. The number of alkyl halides is 3. The Morgan fingerprint density at radius 3 is 2.58 bits per heavy atom. The van der Waals surface area contributed by atoms with Crippen molar-refractivity contribution in [2.24, 2.45) is 4.99 Å². The molecule has 0 radical (unpaired) electrons. The van der Waals surface area contributed by atoms with Crippen molar-refractivity contribution in [1.29, 1.82) is 0 Å². The molecule has 1 heterocycles. The van der Waals surface area contributed by atoms with Crippen LogP contribution in [0.5, 0.6) is 0 Å². The van der Waals surface area contributed by atoms with Crippen LogP contribution in [0.2, 0.25) is 5.02 Å². The van der Waals surface area contributed by atoms with E-state index in [4.69, 9.17) is 11.6 Å². The molecule has 1 aromatic heterocycles. The van der Waals surface area contributed by atoms with Crippen LogP contribution in [0.15, 0.2) is 34.6 Å². The van der Waals surface area contributed by atoms with Gasteiger partial charge in [0.2, 0.25) is 0 Å². The number of aromatic nitrogens is 1. The van der Waals surface area contributed by atoms with Crippen molar-refractivity contribution < 1.29 is 13.2 Å². The molecule has 26 heavy (non-hydrogen) atoms. The second-order valence-corrected chi connectivity index (χ2v) is 7.68. The van der Waals surface area contributed by atoms with Crippen LogP contribution in [0.1, 0.15) is 30.1 Å². The molecule has 0 amide bonds. The molecule has 1 aromatic carbocycles. The van der Waals surface area contributed by atoms with Gasteiger partial charge in [-0.1, -0.05) is 37.6 Å². The molecular weight excluding hydrogens is 385 g/mol. The normalized spacial score (nSPS) is 13.0. The van der Waals surface area contributed by atoms with Gasteiger partial charge in [0.1, 0.15) is 5.01 Å². The molecule has 2 aromatic rings. The highest BCUT2D eigenvalue weighted by Gasteiger charge is 2.33. The number of halogens is 4. The number of nitrogens with one attached hydrogen (secondary N) is 2. The van der Waals surface area contributed by atoms with E-state index in [0.717, 1.165) is 22.3 Å². The largest absolute Gasteiger partial charge is 0.434 e. The molecule has 4 nitrogen and oxygen atoms in total. The monoisotopic (exact) mass is 404 g/mol. The number of guanidine groups is 1. The van der Waals surface area contributed by atoms with E-state index in [1.807, 2.05) is 24.3 Å². The van der Waals surface area contributed by atoms with E-state index in [1.54, 1.807) is 7.05 Å². The number of hydrogen-bond donors (Lipinski definition) is 2. The lowest BCUT2D eigenvalue weighted by molar-refractivity contribution is -0.140. The summed E-state index contributed by atoms with van der Waals surface area (Å²) in [6.07, 6.45) is -4.42. The Labute approximate surface area is 159 Å². The highest BCUT2D eigenvalue weighted by molar-refractivity contribution is 7.09. The van der Waals surface area contributed by atoms with Gasteiger partial charge >= 0.3 is 6.18 Å². The van der Waals surface area contributed by atoms with E-state index < -0.39 is 11.9 Å². The fraction of sp³-hybridized carbons (Fsp3) is 0.412. The lowest BCUT2D eigenvalue weighted by Gasteiger charge is -2.27. The molecule has 0 fully saturated rings. The molecule has 2 rings (SSSR count). The van der Waals surface area contributed by atoms with Gasteiger partial charge in [-0.25, -0.2) is 4.98 Å². The Kier molecular flexibility index (Phi) is 6.52. The maximum atomic E-state index is 12.6. The van der Waals surface area contributed by atoms with Crippen LogP contribution < -0.4 is 10.6 Å². The van der Waals surface area contributed by atoms with Crippen molar-refractivity contribution >= 4 is 28.9 Å². The SMILES string of the molecule is CN=C(NCc1nc(C(F)(F)F)cs1)NCC(C)(C)c1cccc(Cl)c1. The second kappa shape index (κ2) is 8.26. The van der Waals surface area contributed by atoms with Gasteiger partial charge in [-0.05, 0) is 17.7 Å². The summed E-state index contributed by atoms with van der Waals surface area (Å²) in [5.74, 6) is 0.490. The van der Waals surface area contributed by atoms with Crippen molar-refractivity contribution in [2.75, 3.05) is 13.6 Å². The van der Waals surface area contributed by atoms with E-state index in [9.17, 15) is 13.2 Å². The van der Waals surface area contributed by atoms with Gasteiger partial charge in [0.25, 0.3) is 0 Å². The van der Waals surface area contributed by atoms with Crippen LogP contribution in [0.25, 0.3) is 0 Å². The topological polar surface area (TPSA) is 49.3 Å². The van der Waals surface area contributed by atoms with Gasteiger partial charge in [0, 0.05) is 29.4 Å². The molecule has 0 saturated heterocycles. The summed E-state index contributed by atoms with van der Waals surface area (Å²) in [4.78, 5) is 7.68. The minimum absolute atomic E-state index is 0.165. The molecular formula is C17H20ClF3N4S. The standard InChI is InChI=1S/C17H20ClF3N4S/c1-16(2,11-5-4-6-12(18)7-11)10-24-15(22-3)23-8-14-25-13(9-26-14)17(19,20)21/h4-7,9H,8,10H2,1-3H3,(H2,22,23,24). The first-order valence-corrected chi connectivity index (χ1v) is 9.10. The average molecular weight is 405 g/mol. The molecule has 9 heteroatoms. The molecule has 0 aliphatic heterocycles. The second-order valence-electron chi connectivity index (χ2n) is 6.30. The smallest absolute Gasteiger partial charge is 0.356 e. The summed E-state index contributed by atoms with van der Waals surface area (Å²) in [6, 6.07) is 7.62. The Balaban J connectivity index is 1.92. The van der Waals surface area contributed by atoms with E-state index in [1.165, 1.54) is 0 Å². The van der Waals surface area contributed by atoms with Crippen molar-refractivity contribution in [2.45, 2.75) is 32.0 Å². The highest BCUT2D eigenvalue weighted by Crippen LogP contribution is 2.30. The quantitative estimate of drug-likeness (QED) is 0.571. The van der Waals surface area contributed by atoms with E-state index in [-0.39, 0.29) is 12.0 Å².